The highest BCUT2D eigenvalue weighted by Gasteiger charge is 2.21. The highest BCUT2D eigenvalue weighted by Crippen LogP contribution is 2.25. The van der Waals surface area contributed by atoms with Gasteiger partial charge in [0, 0.05) is 18.8 Å². The molecule has 3 N–H and O–H groups in total. The van der Waals surface area contributed by atoms with Gasteiger partial charge < -0.3 is 10.6 Å². The van der Waals surface area contributed by atoms with Crippen LogP contribution in [0.25, 0.3) is 0 Å². The fourth-order valence-electron chi connectivity index (χ4n) is 1.77. The van der Waals surface area contributed by atoms with Crippen LogP contribution in [-0.4, -0.2) is 34.5 Å². The van der Waals surface area contributed by atoms with Crippen molar-refractivity contribution >= 4 is 21.6 Å². The van der Waals surface area contributed by atoms with E-state index in [2.05, 4.69) is 15.4 Å². The van der Waals surface area contributed by atoms with Gasteiger partial charge in [-0.15, -0.1) is 0 Å². The number of benzene rings is 1. The van der Waals surface area contributed by atoms with E-state index in [1.807, 2.05) is 0 Å². The van der Waals surface area contributed by atoms with E-state index in [1.165, 1.54) is 12.1 Å². The molecular formula is C11H15N3O3S. The number of hydrogen-bond acceptors (Lipinski definition) is 4. The molecule has 1 aliphatic heterocycles. The Morgan fingerprint density at radius 3 is 2.83 bits per heavy atom. The first-order valence-corrected chi connectivity index (χ1v) is 7.08. The standard InChI is InChI=1S/C11H15N3O3S/c1-12-4-5-13-18(16,17)9-2-3-10-8(6-9)7-11(15)14-10/h2-3,6,12-13H,4-5,7H2,1H3,(H,14,15). The van der Waals surface area contributed by atoms with Gasteiger partial charge in [-0.25, -0.2) is 13.1 Å². The molecular weight excluding hydrogens is 254 g/mol. The summed E-state index contributed by atoms with van der Waals surface area (Å²) in [6.45, 7) is 0.886. The van der Waals surface area contributed by atoms with E-state index in [1.54, 1.807) is 13.1 Å². The predicted octanol–water partition coefficient (Wildman–Crippen LogP) is -0.321. The SMILES string of the molecule is CNCCNS(=O)(=O)c1ccc2c(c1)CC(=O)N2. The van der Waals surface area contributed by atoms with Crippen LogP contribution >= 0.6 is 0 Å². The average Bonchev–Trinajstić information content (AvgIpc) is 2.68. The minimum atomic E-state index is -3.50. The van der Waals surface area contributed by atoms with Gasteiger partial charge >= 0.3 is 0 Å². The fraction of sp³-hybridized carbons (Fsp3) is 0.364. The summed E-state index contributed by atoms with van der Waals surface area (Å²) in [4.78, 5) is 11.4. The van der Waals surface area contributed by atoms with Crippen molar-refractivity contribution in [3.8, 4) is 0 Å². The zero-order chi connectivity index (χ0) is 13.2. The summed E-state index contributed by atoms with van der Waals surface area (Å²) in [6, 6.07) is 4.65. The number of carbonyl (C=O) groups excluding carboxylic acids is 1. The second-order valence-electron chi connectivity index (χ2n) is 4.05. The highest BCUT2D eigenvalue weighted by molar-refractivity contribution is 7.89. The number of fused-ring (bicyclic) bond motifs is 1. The molecule has 0 atom stereocenters. The molecule has 0 fully saturated rings. The van der Waals surface area contributed by atoms with Gasteiger partial charge in [0.05, 0.1) is 11.3 Å². The molecule has 1 heterocycles. The van der Waals surface area contributed by atoms with Crippen LogP contribution in [-0.2, 0) is 21.2 Å². The van der Waals surface area contributed by atoms with Crippen LogP contribution in [0.3, 0.4) is 0 Å². The van der Waals surface area contributed by atoms with E-state index in [4.69, 9.17) is 0 Å². The number of sulfonamides is 1. The Balaban J connectivity index is 2.19. The molecule has 0 radical (unpaired) electrons. The van der Waals surface area contributed by atoms with Crippen LogP contribution in [0.5, 0.6) is 0 Å². The van der Waals surface area contributed by atoms with Crippen LogP contribution < -0.4 is 15.4 Å². The van der Waals surface area contributed by atoms with Crippen molar-refractivity contribution in [2.24, 2.45) is 0 Å². The van der Waals surface area contributed by atoms with Gasteiger partial charge in [0.2, 0.25) is 15.9 Å². The van der Waals surface area contributed by atoms with E-state index in [0.29, 0.717) is 18.8 Å². The quantitative estimate of drug-likeness (QED) is 0.639. The summed E-state index contributed by atoms with van der Waals surface area (Å²) >= 11 is 0. The predicted molar refractivity (Wildman–Crippen MR) is 67.9 cm³/mol. The first-order chi connectivity index (χ1) is 8.53. The maximum atomic E-state index is 11.9. The molecule has 7 heteroatoms. The van der Waals surface area contributed by atoms with Crippen LogP contribution in [0.2, 0.25) is 0 Å². The normalized spacial score (nSPS) is 14.4. The Morgan fingerprint density at radius 1 is 1.33 bits per heavy atom. The Hall–Kier alpha value is -1.44. The molecule has 0 bridgehead atoms. The average molecular weight is 269 g/mol. The number of rotatable bonds is 5. The molecule has 2 rings (SSSR count). The number of nitrogens with one attached hydrogen (secondary N) is 3. The molecule has 0 spiro atoms. The maximum absolute atomic E-state index is 11.9. The number of hydrogen-bond donors (Lipinski definition) is 3. The lowest BCUT2D eigenvalue weighted by atomic mass is 10.2. The molecule has 1 aromatic carbocycles. The van der Waals surface area contributed by atoms with Gasteiger partial charge in [-0.3, -0.25) is 4.79 Å². The smallest absolute Gasteiger partial charge is 0.240 e. The second-order valence-corrected chi connectivity index (χ2v) is 5.81. The van der Waals surface area contributed by atoms with Gasteiger partial charge in [0.15, 0.2) is 0 Å². The van der Waals surface area contributed by atoms with E-state index in [-0.39, 0.29) is 17.2 Å². The Bertz CT molecular complexity index is 569. The van der Waals surface area contributed by atoms with Crippen LogP contribution in [0.15, 0.2) is 23.1 Å². The van der Waals surface area contributed by atoms with Gasteiger partial charge in [0.1, 0.15) is 0 Å². The van der Waals surface area contributed by atoms with Crippen LogP contribution in [0.1, 0.15) is 5.56 Å². The molecule has 1 aliphatic rings. The van der Waals surface area contributed by atoms with E-state index in [0.717, 1.165) is 5.56 Å². The summed E-state index contributed by atoms with van der Waals surface area (Å²) in [7, 11) is -1.75. The van der Waals surface area contributed by atoms with Crippen molar-refractivity contribution in [2.75, 3.05) is 25.5 Å². The van der Waals surface area contributed by atoms with Crippen molar-refractivity contribution in [1.29, 1.82) is 0 Å². The minimum Gasteiger partial charge on any atom is -0.326 e. The summed E-state index contributed by atoms with van der Waals surface area (Å²) in [5.74, 6) is -0.109. The third-order valence-corrected chi connectivity index (χ3v) is 4.14. The molecule has 0 aromatic heterocycles. The van der Waals surface area contributed by atoms with E-state index < -0.39 is 10.0 Å². The molecule has 6 nitrogen and oxygen atoms in total. The maximum Gasteiger partial charge on any atom is 0.240 e. The van der Waals surface area contributed by atoms with E-state index >= 15 is 0 Å². The minimum absolute atomic E-state index is 0.109. The molecule has 0 aliphatic carbocycles. The largest absolute Gasteiger partial charge is 0.326 e. The number of amides is 1. The van der Waals surface area contributed by atoms with Crippen molar-refractivity contribution < 1.29 is 13.2 Å². The Kier molecular flexibility index (Phi) is 3.65. The Morgan fingerprint density at radius 2 is 2.11 bits per heavy atom. The third-order valence-electron chi connectivity index (χ3n) is 2.68. The number of anilines is 1. The van der Waals surface area contributed by atoms with Gasteiger partial charge in [-0.1, -0.05) is 0 Å². The molecule has 1 amide bonds. The zero-order valence-corrected chi connectivity index (χ0v) is 10.8. The topological polar surface area (TPSA) is 87.3 Å². The lowest BCUT2D eigenvalue weighted by Crippen LogP contribution is -2.30. The highest BCUT2D eigenvalue weighted by atomic mass is 32.2. The van der Waals surface area contributed by atoms with Crippen LogP contribution in [0.4, 0.5) is 5.69 Å². The summed E-state index contributed by atoms with van der Waals surface area (Å²) < 4.78 is 26.4. The first kappa shape index (κ1) is 13.0. The number of carbonyl (C=O) groups is 1. The van der Waals surface area contributed by atoms with Gasteiger partial charge in [0.25, 0.3) is 0 Å². The molecule has 0 unspecified atom stereocenters. The molecule has 18 heavy (non-hydrogen) atoms. The lowest BCUT2D eigenvalue weighted by molar-refractivity contribution is -0.115. The molecule has 98 valence electrons. The van der Waals surface area contributed by atoms with Gasteiger partial charge in [-0.05, 0) is 30.8 Å². The summed E-state index contributed by atoms with van der Waals surface area (Å²) in [6.07, 6.45) is 0.231. The molecule has 0 saturated heterocycles. The van der Waals surface area contributed by atoms with Crippen molar-refractivity contribution in [3.63, 3.8) is 0 Å². The summed E-state index contributed by atoms with van der Waals surface area (Å²) in [5, 5.41) is 5.52. The van der Waals surface area contributed by atoms with Crippen molar-refractivity contribution in [1.82, 2.24) is 10.0 Å². The third kappa shape index (κ3) is 2.69. The first-order valence-electron chi connectivity index (χ1n) is 5.60. The zero-order valence-electron chi connectivity index (χ0n) is 9.99. The van der Waals surface area contributed by atoms with Crippen LogP contribution in [0, 0.1) is 0 Å². The monoisotopic (exact) mass is 269 g/mol. The second kappa shape index (κ2) is 5.05. The molecule has 0 saturated carbocycles. The number of likely N-dealkylation sites (N-methyl/N-ethyl adjacent to an activating group) is 1. The summed E-state index contributed by atoms with van der Waals surface area (Å²) in [5.41, 5.74) is 1.41. The van der Waals surface area contributed by atoms with Gasteiger partial charge in [-0.2, -0.15) is 0 Å². The van der Waals surface area contributed by atoms with Crippen molar-refractivity contribution in [2.45, 2.75) is 11.3 Å². The fourth-order valence-corrected chi connectivity index (χ4v) is 2.85. The van der Waals surface area contributed by atoms with E-state index in [9.17, 15) is 13.2 Å². The lowest BCUT2D eigenvalue weighted by Gasteiger charge is -2.07. The van der Waals surface area contributed by atoms with Crippen molar-refractivity contribution in [3.05, 3.63) is 23.8 Å². The Labute approximate surface area is 106 Å². The molecule has 1 aromatic rings.